The van der Waals surface area contributed by atoms with Gasteiger partial charge in [0.2, 0.25) is 0 Å². The summed E-state index contributed by atoms with van der Waals surface area (Å²) in [4.78, 5) is 3.78. The topological polar surface area (TPSA) is 76.5 Å². The first-order valence-corrected chi connectivity index (χ1v) is 5.39. The molecule has 0 atom stereocenters. The summed E-state index contributed by atoms with van der Waals surface area (Å²) in [5, 5.41) is 0. The number of aromatic nitrogens is 1. The molecule has 1 rings (SSSR count). The molecule has 0 aliphatic heterocycles. The Kier molecular flexibility index (Phi) is 6.91. The summed E-state index contributed by atoms with van der Waals surface area (Å²) in [7, 11) is -4.19. The molecule has 1 aromatic heterocycles. The molecule has 14 heavy (non-hydrogen) atoms. The Morgan fingerprint density at radius 3 is 2.00 bits per heavy atom. The lowest BCUT2D eigenvalue weighted by Crippen LogP contribution is -2.03. The average molecular weight is 219 g/mol. The standard InChI is InChI=1S/C5H5N.C3H8O4S/c1-2-4-6-5-3-1;1-2-3-7-8(4,5)6/h1-5H;2-3H2,1H3,(H,4,5,6). The second-order valence-corrected chi connectivity index (χ2v) is 3.37. The van der Waals surface area contributed by atoms with Crippen LogP contribution in [0.2, 0.25) is 0 Å². The van der Waals surface area contributed by atoms with Crippen LogP contribution in [0.1, 0.15) is 13.3 Å². The van der Waals surface area contributed by atoms with Gasteiger partial charge in [0.1, 0.15) is 0 Å². The van der Waals surface area contributed by atoms with Crippen molar-refractivity contribution in [2.24, 2.45) is 0 Å². The molecule has 0 saturated carbocycles. The number of nitrogens with zero attached hydrogens (tertiary/aromatic N) is 1. The van der Waals surface area contributed by atoms with Gasteiger partial charge in [-0.25, -0.2) is 4.18 Å². The van der Waals surface area contributed by atoms with E-state index < -0.39 is 10.4 Å². The van der Waals surface area contributed by atoms with Crippen LogP contribution in [0.4, 0.5) is 0 Å². The van der Waals surface area contributed by atoms with Crippen LogP contribution < -0.4 is 0 Å². The summed E-state index contributed by atoms with van der Waals surface area (Å²) in [5.74, 6) is 0. The van der Waals surface area contributed by atoms with Gasteiger partial charge in [0.25, 0.3) is 0 Å². The maximum absolute atomic E-state index is 9.72. The maximum Gasteiger partial charge on any atom is 0.397 e. The minimum Gasteiger partial charge on any atom is -0.265 e. The molecule has 0 bridgehead atoms. The largest absolute Gasteiger partial charge is 0.397 e. The van der Waals surface area contributed by atoms with E-state index in [2.05, 4.69) is 9.17 Å². The molecule has 6 heteroatoms. The van der Waals surface area contributed by atoms with Gasteiger partial charge in [-0.1, -0.05) is 13.0 Å². The van der Waals surface area contributed by atoms with Crippen molar-refractivity contribution in [3.05, 3.63) is 30.6 Å². The van der Waals surface area contributed by atoms with Gasteiger partial charge in [0.05, 0.1) is 6.61 Å². The van der Waals surface area contributed by atoms with Crippen LogP contribution in [0.15, 0.2) is 30.6 Å². The predicted molar refractivity (Wildman–Crippen MR) is 52.0 cm³/mol. The van der Waals surface area contributed by atoms with Crippen LogP contribution in [0.5, 0.6) is 0 Å². The normalized spacial score (nSPS) is 10.1. The Labute approximate surface area is 83.7 Å². The SMILES string of the molecule is CCCOS(=O)(=O)O.c1ccncc1. The number of hydrogen-bond donors (Lipinski definition) is 1. The molecule has 0 aliphatic rings. The van der Waals surface area contributed by atoms with Gasteiger partial charge in [0.15, 0.2) is 0 Å². The zero-order valence-electron chi connectivity index (χ0n) is 7.83. The molecule has 5 nitrogen and oxygen atoms in total. The molecule has 1 heterocycles. The van der Waals surface area contributed by atoms with E-state index in [1.807, 2.05) is 18.2 Å². The first-order valence-electron chi connectivity index (χ1n) is 4.03. The summed E-state index contributed by atoms with van der Waals surface area (Å²) < 4.78 is 31.3. The lowest BCUT2D eigenvalue weighted by molar-refractivity contribution is 0.269. The second-order valence-electron chi connectivity index (χ2n) is 2.27. The van der Waals surface area contributed by atoms with Gasteiger partial charge in [0, 0.05) is 12.4 Å². The monoisotopic (exact) mass is 219 g/mol. The number of pyridine rings is 1. The van der Waals surface area contributed by atoms with Gasteiger partial charge in [-0.05, 0) is 18.6 Å². The Balaban J connectivity index is 0.000000249. The van der Waals surface area contributed by atoms with Crippen LogP contribution in [0.25, 0.3) is 0 Å². The van der Waals surface area contributed by atoms with E-state index >= 15 is 0 Å². The predicted octanol–water partition coefficient (Wildman–Crippen LogP) is 1.30. The summed E-state index contributed by atoms with van der Waals surface area (Å²) in [6.07, 6.45) is 4.07. The molecule has 0 unspecified atom stereocenters. The molecule has 0 saturated heterocycles. The first-order chi connectivity index (χ1) is 6.56. The van der Waals surface area contributed by atoms with E-state index in [1.54, 1.807) is 19.3 Å². The Hall–Kier alpha value is -0.980. The van der Waals surface area contributed by atoms with E-state index in [4.69, 9.17) is 4.55 Å². The van der Waals surface area contributed by atoms with Gasteiger partial charge in [-0.3, -0.25) is 9.54 Å². The van der Waals surface area contributed by atoms with E-state index in [1.165, 1.54) is 0 Å². The molecular weight excluding hydrogens is 206 g/mol. The van der Waals surface area contributed by atoms with Crippen LogP contribution in [-0.4, -0.2) is 24.6 Å². The third-order valence-electron chi connectivity index (χ3n) is 1.00. The highest BCUT2D eigenvalue weighted by Crippen LogP contribution is 1.86. The van der Waals surface area contributed by atoms with Crippen molar-refractivity contribution >= 4 is 10.4 Å². The fourth-order valence-corrected chi connectivity index (χ4v) is 0.879. The van der Waals surface area contributed by atoms with Gasteiger partial charge in [-0.2, -0.15) is 8.42 Å². The number of hydrogen-bond acceptors (Lipinski definition) is 4. The Bertz CT molecular complexity index is 285. The van der Waals surface area contributed by atoms with Crippen molar-refractivity contribution in [2.75, 3.05) is 6.61 Å². The van der Waals surface area contributed by atoms with Crippen LogP contribution >= 0.6 is 0 Å². The minimum absolute atomic E-state index is 0.0405. The van der Waals surface area contributed by atoms with E-state index in [9.17, 15) is 8.42 Å². The van der Waals surface area contributed by atoms with Crippen molar-refractivity contribution in [2.45, 2.75) is 13.3 Å². The summed E-state index contributed by atoms with van der Waals surface area (Å²) >= 11 is 0. The molecule has 0 fully saturated rings. The third kappa shape index (κ3) is 11.0. The van der Waals surface area contributed by atoms with Gasteiger partial charge < -0.3 is 0 Å². The lowest BCUT2D eigenvalue weighted by Gasteiger charge is -1.92. The molecule has 0 aromatic carbocycles. The maximum atomic E-state index is 9.72. The molecular formula is C8H13NO4S. The van der Waals surface area contributed by atoms with Crippen molar-refractivity contribution in [3.63, 3.8) is 0 Å². The van der Waals surface area contributed by atoms with Crippen LogP contribution in [0.3, 0.4) is 0 Å². The van der Waals surface area contributed by atoms with Crippen molar-refractivity contribution in [3.8, 4) is 0 Å². The fraction of sp³-hybridized carbons (Fsp3) is 0.375. The fourth-order valence-electron chi connectivity index (χ4n) is 0.501. The zero-order valence-corrected chi connectivity index (χ0v) is 8.64. The third-order valence-corrected chi connectivity index (χ3v) is 1.47. The van der Waals surface area contributed by atoms with Gasteiger partial charge >= 0.3 is 10.4 Å². The van der Waals surface area contributed by atoms with Crippen LogP contribution in [-0.2, 0) is 14.6 Å². The molecule has 0 aliphatic carbocycles. The van der Waals surface area contributed by atoms with E-state index in [-0.39, 0.29) is 6.61 Å². The van der Waals surface area contributed by atoms with Crippen molar-refractivity contribution < 1.29 is 17.2 Å². The smallest absolute Gasteiger partial charge is 0.265 e. The summed E-state index contributed by atoms with van der Waals surface area (Å²) in [6, 6.07) is 5.72. The highest BCUT2D eigenvalue weighted by Gasteiger charge is 1.99. The summed E-state index contributed by atoms with van der Waals surface area (Å²) in [6.45, 7) is 1.78. The van der Waals surface area contributed by atoms with E-state index in [0.29, 0.717) is 6.42 Å². The molecule has 0 amide bonds. The van der Waals surface area contributed by atoms with Gasteiger partial charge in [-0.15, -0.1) is 0 Å². The first kappa shape index (κ1) is 13.0. The Morgan fingerprint density at radius 1 is 1.29 bits per heavy atom. The molecule has 1 N–H and O–H groups in total. The average Bonchev–Trinajstić information content (AvgIpc) is 2.17. The zero-order chi connectivity index (χ0) is 10.9. The minimum atomic E-state index is -4.19. The van der Waals surface area contributed by atoms with Crippen LogP contribution in [0, 0.1) is 0 Å². The Morgan fingerprint density at radius 2 is 1.86 bits per heavy atom. The molecule has 1 aromatic rings. The van der Waals surface area contributed by atoms with Crippen molar-refractivity contribution in [1.82, 2.24) is 4.98 Å². The van der Waals surface area contributed by atoms with Crippen molar-refractivity contribution in [1.29, 1.82) is 0 Å². The highest BCUT2D eigenvalue weighted by molar-refractivity contribution is 7.80. The quantitative estimate of drug-likeness (QED) is 0.775. The van der Waals surface area contributed by atoms with E-state index in [0.717, 1.165) is 0 Å². The molecule has 80 valence electrons. The second kappa shape index (κ2) is 7.43. The number of rotatable bonds is 3. The molecule has 0 radical (unpaired) electrons. The summed E-state index contributed by atoms with van der Waals surface area (Å²) in [5.41, 5.74) is 0. The highest BCUT2D eigenvalue weighted by atomic mass is 32.3. The molecule has 0 spiro atoms. The lowest BCUT2D eigenvalue weighted by atomic mass is 10.5.